The predicted octanol–water partition coefficient (Wildman–Crippen LogP) is 2.60. The molecule has 0 aliphatic heterocycles. The van der Waals surface area contributed by atoms with Crippen molar-refractivity contribution in [3.05, 3.63) is 57.9 Å². The Morgan fingerprint density at radius 3 is 2.48 bits per heavy atom. The van der Waals surface area contributed by atoms with Gasteiger partial charge in [-0.15, -0.1) is 0 Å². The Balaban J connectivity index is 1.95. The SMILES string of the molecule is COC(=O)Cn1c(=NC(=O)Cc2ccc(S(C)(=O)=O)cc2)sc2cc(Cl)ccc21. The van der Waals surface area contributed by atoms with Gasteiger partial charge in [0.15, 0.2) is 14.6 Å². The first-order valence-corrected chi connectivity index (χ1v) is 11.5. The molecular formula is C19H17ClN2O5S2. The van der Waals surface area contributed by atoms with E-state index in [1.807, 2.05) is 0 Å². The minimum Gasteiger partial charge on any atom is -0.468 e. The van der Waals surface area contributed by atoms with Crippen molar-refractivity contribution in [2.75, 3.05) is 13.4 Å². The Kier molecular flexibility index (Phi) is 6.21. The largest absolute Gasteiger partial charge is 0.468 e. The summed E-state index contributed by atoms with van der Waals surface area (Å²) in [6.07, 6.45) is 1.12. The average Bonchev–Trinajstić information content (AvgIpc) is 2.97. The first-order valence-electron chi connectivity index (χ1n) is 8.39. The second kappa shape index (κ2) is 8.48. The van der Waals surface area contributed by atoms with Crippen LogP contribution >= 0.6 is 22.9 Å². The number of sulfone groups is 1. The van der Waals surface area contributed by atoms with E-state index >= 15 is 0 Å². The van der Waals surface area contributed by atoms with Gasteiger partial charge >= 0.3 is 5.97 Å². The van der Waals surface area contributed by atoms with E-state index in [1.165, 1.54) is 30.6 Å². The van der Waals surface area contributed by atoms with Crippen LogP contribution in [0.25, 0.3) is 10.2 Å². The lowest BCUT2D eigenvalue weighted by Crippen LogP contribution is -2.22. The number of fused-ring (bicyclic) bond motifs is 1. The molecule has 0 aliphatic rings. The summed E-state index contributed by atoms with van der Waals surface area (Å²) in [6, 6.07) is 11.3. The summed E-state index contributed by atoms with van der Waals surface area (Å²) < 4.78 is 30.2. The smallest absolute Gasteiger partial charge is 0.325 e. The number of carbonyl (C=O) groups is 2. The van der Waals surface area contributed by atoms with Gasteiger partial charge in [0.25, 0.3) is 5.91 Å². The fraction of sp³-hybridized carbons (Fsp3) is 0.211. The summed E-state index contributed by atoms with van der Waals surface area (Å²) in [6.45, 7) is -0.0900. The highest BCUT2D eigenvalue weighted by Crippen LogP contribution is 2.22. The third kappa shape index (κ3) is 5.11. The molecule has 0 unspecified atom stereocenters. The quantitative estimate of drug-likeness (QED) is 0.554. The maximum Gasteiger partial charge on any atom is 0.325 e. The molecule has 152 valence electrons. The van der Waals surface area contributed by atoms with Gasteiger partial charge in [0.1, 0.15) is 6.54 Å². The van der Waals surface area contributed by atoms with Crippen LogP contribution in [0.15, 0.2) is 52.4 Å². The van der Waals surface area contributed by atoms with E-state index in [9.17, 15) is 18.0 Å². The van der Waals surface area contributed by atoms with Crippen LogP contribution in [-0.2, 0) is 37.1 Å². The van der Waals surface area contributed by atoms with E-state index in [-0.39, 0.29) is 17.9 Å². The van der Waals surface area contributed by atoms with Crippen LogP contribution in [0.1, 0.15) is 5.56 Å². The molecule has 2 aromatic carbocycles. The van der Waals surface area contributed by atoms with Gasteiger partial charge in [-0.1, -0.05) is 35.1 Å². The van der Waals surface area contributed by atoms with E-state index in [2.05, 4.69) is 4.99 Å². The standard InChI is InChI=1S/C19H17ClN2O5S2/c1-27-18(24)11-22-15-8-5-13(20)10-16(15)28-19(22)21-17(23)9-12-3-6-14(7-4-12)29(2,25)26/h3-8,10H,9,11H2,1-2H3. The van der Waals surface area contributed by atoms with Crippen molar-refractivity contribution in [3.63, 3.8) is 0 Å². The molecule has 3 rings (SSSR count). The number of benzene rings is 2. The lowest BCUT2D eigenvalue weighted by molar-refractivity contribution is -0.141. The molecule has 0 radical (unpaired) electrons. The monoisotopic (exact) mass is 452 g/mol. The summed E-state index contributed by atoms with van der Waals surface area (Å²) >= 11 is 7.28. The van der Waals surface area contributed by atoms with Crippen LogP contribution in [0.5, 0.6) is 0 Å². The highest BCUT2D eigenvalue weighted by atomic mass is 35.5. The Morgan fingerprint density at radius 2 is 1.86 bits per heavy atom. The molecule has 0 spiro atoms. The van der Waals surface area contributed by atoms with Crippen molar-refractivity contribution in [1.29, 1.82) is 0 Å². The van der Waals surface area contributed by atoms with E-state index in [1.54, 1.807) is 34.9 Å². The van der Waals surface area contributed by atoms with Crippen LogP contribution in [0.2, 0.25) is 5.02 Å². The van der Waals surface area contributed by atoms with Gasteiger partial charge in [0, 0.05) is 11.3 Å². The van der Waals surface area contributed by atoms with Gasteiger partial charge in [-0.2, -0.15) is 4.99 Å². The first-order chi connectivity index (χ1) is 13.7. The zero-order chi connectivity index (χ0) is 21.2. The molecule has 0 N–H and O–H groups in total. The van der Waals surface area contributed by atoms with Crippen molar-refractivity contribution in [3.8, 4) is 0 Å². The number of nitrogens with zero attached hydrogens (tertiary/aromatic N) is 2. The van der Waals surface area contributed by atoms with Gasteiger partial charge in [-0.05, 0) is 35.9 Å². The lowest BCUT2D eigenvalue weighted by atomic mass is 10.1. The number of amides is 1. The second-order valence-corrected chi connectivity index (χ2v) is 9.72. The first kappa shape index (κ1) is 21.2. The summed E-state index contributed by atoms with van der Waals surface area (Å²) in [5.41, 5.74) is 1.35. The minimum absolute atomic E-state index is 0.00271. The zero-order valence-electron chi connectivity index (χ0n) is 15.6. The van der Waals surface area contributed by atoms with Gasteiger partial charge < -0.3 is 9.30 Å². The molecule has 0 saturated carbocycles. The van der Waals surface area contributed by atoms with Crippen LogP contribution in [0, 0.1) is 0 Å². The number of hydrogen-bond donors (Lipinski definition) is 0. The van der Waals surface area contributed by atoms with Crippen molar-refractivity contribution in [2.45, 2.75) is 17.9 Å². The molecule has 1 amide bonds. The minimum atomic E-state index is -3.30. The van der Waals surface area contributed by atoms with Crippen molar-refractivity contribution in [2.24, 2.45) is 4.99 Å². The third-order valence-corrected chi connectivity index (χ3v) is 6.49. The van der Waals surface area contributed by atoms with E-state index in [0.717, 1.165) is 11.0 Å². The highest BCUT2D eigenvalue weighted by Gasteiger charge is 2.13. The number of ether oxygens (including phenoxy) is 1. The number of hydrogen-bond acceptors (Lipinski definition) is 6. The molecule has 0 fully saturated rings. The predicted molar refractivity (Wildman–Crippen MR) is 111 cm³/mol. The third-order valence-electron chi connectivity index (χ3n) is 4.09. The van der Waals surface area contributed by atoms with Crippen molar-refractivity contribution >= 4 is 54.9 Å². The fourth-order valence-electron chi connectivity index (χ4n) is 2.65. The molecule has 3 aromatic rings. The van der Waals surface area contributed by atoms with E-state index in [4.69, 9.17) is 16.3 Å². The number of aromatic nitrogens is 1. The maximum atomic E-state index is 12.5. The molecule has 10 heteroatoms. The second-order valence-electron chi connectivity index (χ2n) is 6.26. The normalized spacial score (nSPS) is 12.3. The molecule has 1 heterocycles. The number of thiazole rings is 1. The van der Waals surface area contributed by atoms with Crippen LogP contribution in [-0.4, -0.2) is 38.2 Å². The molecule has 0 bridgehead atoms. The van der Waals surface area contributed by atoms with Gasteiger partial charge in [-0.3, -0.25) is 9.59 Å². The number of carbonyl (C=O) groups excluding carboxylic acids is 2. The van der Waals surface area contributed by atoms with E-state index < -0.39 is 21.7 Å². The molecule has 29 heavy (non-hydrogen) atoms. The summed E-state index contributed by atoms with van der Waals surface area (Å²) in [5, 5.41) is 0.535. The number of methoxy groups -OCH3 is 1. The average molecular weight is 453 g/mol. The molecule has 1 aromatic heterocycles. The molecular weight excluding hydrogens is 436 g/mol. The summed E-state index contributed by atoms with van der Waals surface area (Å²) in [4.78, 5) is 29.0. The highest BCUT2D eigenvalue weighted by molar-refractivity contribution is 7.90. The van der Waals surface area contributed by atoms with Crippen molar-refractivity contribution in [1.82, 2.24) is 4.57 Å². The number of halogens is 1. The molecule has 0 atom stereocenters. The van der Waals surface area contributed by atoms with Gasteiger partial charge in [-0.25, -0.2) is 8.42 Å². The number of rotatable bonds is 5. The summed E-state index contributed by atoms with van der Waals surface area (Å²) in [5.74, 6) is -0.890. The lowest BCUT2D eigenvalue weighted by Gasteiger charge is -2.04. The Hall–Kier alpha value is -2.49. The molecule has 0 saturated heterocycles. The van der Waals surface area contributed by atoms with Crippen LogP contribution < -0.4 is 4.80 Å². The topological polar surface area (TPSA) is 94.8 Å². The molecule has 0 aliphatic carbocycles. The Morgan fingerprint density at radius 1 is 1.17 bits per heavy atom. The van der Waals surface area contributed by atoms with Crippen LogP contribution in [0.3, 0.4) is 0 Å². The van der Waals surface area contributed by atoms with Crippen LogP contribution in [0.4, 0.5) is 0 Å². The Bertz CT molecular complexity index is 1260. The number of esters is 1. The Labute approximate surface area is 176 Å². The van der Waals surface area contributed by atoms with Gasteiger partial charge in [0.05, 0.1) is 28.6 Å². The maximum absolute atomic E-state index is 12.5. The van der Waals surface area contributed by atoms with Gasteiger partial charge in [0.2, 0.25) is 0 Å². The molecule has 7 nitrogen and oxygen atoms in total. The van der Waals surface area contributed by atoms with E-state index in [0.29, 0.717) is 20.9 Å². The van der Waals surface area contributed by atoms with Crippen molar-refractivity contribution < 1.29 is 22.7 Å². The zero-order valence-corrected chi connectivity index (χ0v) is 18.0. The summed E-state index contributed by atoms with van der Waals surface area (Å²) in [7, 11) is -2.01. The fourth-order valence-corrected chi connectivity index (χ4v) is 4.61.